The number of nitrogens with two attached hydrogens (primary N) is 1. The lowest BCUT2D eigenvalue weighted by Crippen LogP contribution is -2.45. The molecule has 0 spiro atoms. The Kier molecular flexibility index (Phi) is 5.58. The minimum absolute atomic E-state index is 0.0635. The molecule has 3 N–H and O–H groups in total. The van der Waals surface area contributed by atoms with E-state index in [1.165, 1.54) is 12.8 Å². The topological polar surface area (TPSA) is 55.5 Å². The molecule has 1 atom stereocenters. The zero-order valence-electron chi connectivity index (χ0n) is 9.87. The Labute approximate surface area is 93.0 Å². The molecule has 0 saturated carbocycles. The fraction of sp³-hybridized carbons (Fsp3) is 1.00. The summed E-state index contributed by atoms with van der Waals surface area (Å²) in [6.07, 6.45) is 6.00. The smallest absolute Gasteiger partial charge is 0.0610 e. The minimum Gasteiger partial charge on any atom is -0.392 e. The van der Waals surface area contributed by atoms with Crippen LogP contribution in [0.1, 0.15) is 45.4 Å². The van der Waals surface area contributed by atoms with Crippen LogP contribution in [0, 0.1) is 5.41 Å². The molecule has 1 heterocycles. The van der Waals surface area contributed by atoms with Gasteiger partial charge in [-0.25, -0.2) is 0 Å². The van der Waals surface area contributed by atoms with Gasteiger partial charge >= 0.3 is 0 Å². The Morgan fingerprint density at radius 3 is 2.53 bits per heavy atom. The van der Waals surface area contributed by atoms with Crippen molar-refractivity contribution in [1.29, 1.82) is 0 Å². The van der Waals surface area contributed by atoms with E-state index in [0.29, 0.717) is 6.54 Å². The highest BCUT2D eigenvalue weighted by Gasteiger charge is 2.37. The van der Waals surface area contributed by atoms with Gasteiger partial charge in [0.15, 0.2) is 0 Å². The SMILES string of the molecule is CCCCCC(O)C1(CN)CCOCC1. The highest BCUT2D eigenvalue weighted by molar-refractivity contribution is 4.89. The van der Waals surface area contributed by atoms with Crippen LogP contribution in [0.25, 0.3) is 0 Å². The van der Waals surface area contributed by atoms with E-state index in [1.807, 2.05) is 0 Å². The summed E-state index contributed by atoms with van der Waals surface area (Å²) in [5.41, 5.74) is 5.76. The summed E-state index contributed by atoms with van der Waals surface area (Å²) in [7, 11) is 0. The van der Waals surface area contributed by atoms with Crippen LogP contribution >= 0.6 is 0 Å². The molecule has 90 valence electrons. The van der Waals surface area contributed by atoms with E-state index in [0.717, 1.165) is 38.9 Å². The molecule has 0 aromatic heterocycles. The molecule has 0 aromatic carbocycles. The first-order valence-corrected chi connectivity index (χ1v) is 6.21. The maximum absolute atomic E-state index is 10.2. The standard InChI is InChI=1S/C12H25NO2/c1-2-3-4-5-11(14)12(10-13)6-8-15-9-7-12/h11,14H,2-10,13H2,1H3. The first-order chi connectivity index (χ1) is 7.25. The summed E-state index contributed by atoms with van der Waals surface area (Å²) < 4.78 is 5.34. The van der Waals surface area contributed by atoms with Gasteiger partial charge in [-0.05, 0) is 19.3 Å². The first-order valence-electron chi connectivity index (χ1n) is 6.21. The maximum Gasteiger partial charge on any atom is 0.0610 e. The van der Waals surface area contributed by atoms with E-state index < -0.39 is 0 Å². The van der Waals surface area contributed by atoms with Gasteiger partial charge in [-0.2, -0.15) is 0 Å². The zero-order chi connectivity index (χ0) is 11.1. The fourth-order valence-electron chi connectivity index (χ4n) is 2.35. The van der Waals surface area contributed by atoms with E-state index >= 15 is 0 Å². The average Bonchev–Trinajstić information content (AvgIpc) is 2.30. The van der Waals surface area contributed by atoms with Gasteiger partial charge in [-0.3, -0.25) is 0 Å². The van der Waals surface area contributed by atoms with Crippen molar-refractivity contribution >= 4 is 0 Å². The third-order valence-electron chi connectivity index (χ3n) is 3.68. The lowest BCUT2D eigenvalue weighted by molar-refractivity contribution is -0.0599. The second-order valence-electron chi connectivity index (χ2n) is 4.69. The molecular formula is C12H25NO2. The second kappa shape index (κ2) is 6.46. The van der Waals surface area contributed by atoms with Gasteiger partial charge in [0, 0.05) is 25.2 Å². The number of ether oxygens (including phenoxy) is 1. The molecule has 0 bridgehead atoms. The summed E-state index contributed by atoms with van der Waals surface area (Å²) in [4.78, 5) is 0. The molecule has 0 aromatic rings. The van der Waals surface area contributed by atoms with Crippen molar-refractivity contribution in [2.24, 2.45) is 11.1 Å². The molecule has 0 aliphatic carbocycles. The molecule has 0 amide bonds. The summed E-state index contributed by atoms with van der Waals surface area (Å²) in [6.45, 7) is 4.27. The summed E-state index contributed by atoms with van der Waals surface area (Å²) >= 11 is 0. The number of aliphatic hydroxyl groups is 1. The Bertz CT molecular complexity index is 167. The van der Waals surface area contributed by atoms with Crippen molar-refractivity contribution < 1.29 is 9.84 Å². The molecule has 1 aliphatic rings. The van der Waals surface area contributed by atoms with Gasteiger partial charge in [-0.15, -0.1) is 0 Å². The van der Waals surface area contributed by atoms with Crippen LogP contribution in [0.2, 0.25) is 0 Å². The largest absolute Gasteiger partial charge is 0.392 e. The van der Waals surface area contributed by atoms with Crippen LogP contribution in [0.15, 0.2) is 0 Å². The van der Waals surface area contributed by atoms with Gasteiger partial charge in [0.1, 0.15) is 0 Å². The van der Waals surface area contributed by atoms with E-state index in [-0.39, 0.29) is 11.5 Å². The van der Waals surface area contributed by atoms with Gasteiger partial charge in [-0.1, -0.05) is 26.2 Å². The van der Waals surface area contributed by atoms with Crippen molar-refractivity contribution in [1.82, 2.24) is 0 Å². The van der Waals surface area contributed by atoms with Crippen LogP contribution in [0.3, 0.4) is 0 Å². The quantitative estimate of drug-likeness (QED) is 0.663. The molecule has 1 fully saturated rings. The third kappa shape index (κ3) is 3.44. The average molecular weight is 215 g/mol. The summed E-state index contributed by atoms with van der Waals surface area (Å²) in [6, 6.07) is 0. The second-order valence-corrected chi connectivity index (χ2v) is 4.69. The molecule has 1 aliphatic heterocycles. The fourth-order valence-corrected chi connectivity index (χ4v) is 2.35. The highest BCUT2D eigenvalue weighted by atomic mass is 16.5. The lowest BCUT2D eigenvalue weighted by Gasteiger charge is -2.40. The van der Waals surface area contributed by atoms with E-state index in [4.69, 9.17) is 10.5 Å². The van der Waals surface area contributed by atoms with Crippen molar-refractivity contribution in [3.05, 3.63) is 0 Å². The van der Waals surface area contributed by atoms with Gasteiger partial charge in [0.25, 0.3) is 0 Å². The van der Waals surface area contributed by atoms with Crippen molar-refractivity contribution in [3.8, 4) is 0 Å². The predicted molar refractivity (Wildman–Crippen MR) is 61.7 cm³/mol. The number of hydrogen-bond donors (Lipinski definition) is 2. The third-order valence-corrected chi connectivity index (χ3v) is 3.68. The number of rotatable bonds is 6. The minimum atomic E-state index is -0.238. The first kappa shape index (κ1) is 12.9. The summed E-state index contributed by atoms with van der Waals surface area (Å²) in [5, 5.41) is 10.2. The summed E-state index contributed by atoms with van der Waals surface area (Å²) in [5.74, 6) is 0. The predicted octanol–water partition coefficient (Wildman–Crippen LogP) is 1.68. The molecule has 1 rings (SSSR count). The van der Waals surface area contributed by atoms with Crippen molar-refractivity contribution in [2.75, 3.05) is 19.8 Å². The van der Waals surface area contributed by atoms with Gasteiger partial charge < -0.3 is 15.6 Å². The molecule has 3 nitrogen and oxygen atoms in total. The van der Waals surface area contributed by atoms with Crippen molar-refractivity contribution in [3.63, 3.8) is 0 Å². The van der Waals surface area contributed by atoms with Crippen LogP contribution < -0.4 is 5.73 Å². The van der Waals surface area contributed by atoms with Crippen LogP contribution in [-0.2, 0) is 4.74 Å². The zero-order valence-corrected chi connectivity index (χ0v) is 9.87. The molecule has 15 heavy (non-hydrogen) atoms. The molecule has 1 saturated heterocycles. The number of aliphatic hydroxyl groups excluding tert-OH is 1. The molecular weight excluding hydrogens is 190 g/mol. The highest BCUT2D eigenvalue weighted by Crippen LogP contribution is 2.35. The Hall–Kier alpha value is -0.120. The normalized spacial score (nSPS) is 22.6. The maximum atomic E-state index is 10.2. The van der Waals surface area contributed by atoms with Crippen molar-refractivity contribution in [2.45, 2.75) is 51.6 Å². The number of unbranched alkanes of at least 4 members (excludes halogenated alkanes) is 2. The monoisotopic (exact) mass is 215 g/mol. The number of hydrogen-bond acceptors (Lipinski definition) is 3. The van der Waals surface area contributed by atoms with Crippen LogP contribution in [0.4, 0.5) is 0 Å². The van der Waals surface area contributed by atoms with Gasteiger partial charge in [0.05, 0.1) is 6.10 Å². The Morgan fingerprint density at radius 1 is 1.33 bits per heavy atom. The van der Waals surface area contributed by atoms with E-state index in [1.54, 1.807) is 0 Å². The lowest BCUT2D eigenvalue weighted by atomic mass is 9.74. The van der Waals surface area contributed by atoms with E-state index in [2.05, 4.69) is 6.92 Å². The molecule has 3 heteroatoms. The molecule has 1 unspecified atom stereocenters. The van der Waals surface area contributed by atoms with E-state index in [9.17, 15) is 5.11 Å². The van der Waals surface area contributed by atoms with Crippen LogP contribution in [0.5, 0.6) is 0 Å². The Balaban J connectivity index is 2.40. The molecule has 0 radical (unpaired) electrons. The van der Waals surface area contributed by atoms with Gasteiger partial charge in [0.2, 0.25) is 0 Å². The van der Waals surface area contributed by atoms with Crippen LogP contribution in [-0.4, -0.2) is 31.0 Å². The Morgan fingerprint density at radius 2 is 2.00 bits per heavy atom.